The highest BCUT2D eigenvalue weighted by Gasteiger charge is 2.43. The molecule has 1 amide bonds. The van der Waals surface area contributed by atoms with Gasteiger partial charge in [0, 0.05) is 10.4 Å². The number of rotatable bonds is 6. The maximum absolute atomic E-state index is 13.0. The van der Waals surface area contributed by atoms with Gasteiger partial charge < -0.3 is 5.32 Å². The Bertz CT molecular complexity index is 1070. The molecule has 0 aliphatic rings. The maximum Gasteiger partial charge on any atom is 0.247 e. The molecule has 1 N–H and O–H groups in total. The Morgan fingerprint density at radius 2 is 1.61 bits per heavy atom. The van der Waals surface area contributed by atoms with Crippen LogP contribution >= 0.6 is 11.3 Å². The second-order valence-corrected chi connectivity index (χ2v) is 10.4. The van der Waals surface area contributed by atoms with E-state index in [4.69, 9.17) is 0 Å². The molecule has 0 aliphatic heterocycles. The monoisotopic (exact) mass is 414 g/mol. The van der Waals surface area contributed by atoms with E-state index >= 15 is 0 Å². The van der Waals surface area contributed by atoms with Crippen molar-refractivity contribution in [1.82, 2.24) is 4.98 Å². The Hall–Kier alpha value is -2.51. The summed E-state index contributed by atoms with van der Waals surface area (Å²) in [5.41, 5.74) is 1.78. The maximum atomic E-state index is 13.0. The zero-order valence-electron chi connectivity index (χ0n) is 16.0. The van der Waals surface area contributed by atoms with Crippen molar-refractivity contribution >= 4 is 32.2 Å². The molecule has 5 nitrogen and oxygen atoms in total. The zero-order chi connectivity index (χ0) is 20.4. The molecule has 3 aromatic rings. The van der Waals surface area contributed by atoms with Crippen molar-refractivity contribution in [2.24, 2.45) is 0 Å². The van der Waals surface area contributed by atoms with Gasteiger partial charge in [0.05, 0.1) is 10.6 Å². The summed E-state index contributed by atoms with van der Waals surface area (Å²) in [5, 5.41) is 3.11. The number of carbonyl (C=O) groups is 1. The van der Waals surface area contributed by atoms with E-state index in [-0.39, 0.29) is 4.90 Å². The van der Waals surface area contributed by atoms with Gasteiger partial charge in [0.15, 0.2) is 15.0 Å². The van der Waals surface area contributed by atoms with Crippen molar-refractivity contribution in [3.05, 3.63) is 65.5 Å². The van der Waals surface area contributed by atoms with E-state index in [1.807, 2.05) is 37.3 Å². The molecule has 146 valence electrons. The van der Waals surface area contributed by atoms with Gasteiger partial charge in [-0.15, -0.1) is 11.3 Å². The summed E-state index contributed by atoms with van der Waals surface area (Å²) < 4.78 is 24.3. The molecular formula is C21H22N2O3S2. The molecule has 0 unspecified atom stereocenters. The molecule has 0 spiro atoms. The van der Waals surface area contributed by atoms with Crippen molar-refractivity contribution in [3.63, 3.8) is 0 Å². The van der Waals surface area contributed by atoms with Gasteiger partial charge in [-0.05, 0) is 32.4 Å². The van der Waals surface area contributed by atoms with Gasteiger partial charge in [-0.3, -0.25) is 4.79 Å². The molecule has 28 heavy (non-hydrogen) atoms. The van der Waals surface area contributed by atoms with E-state index in [1.54, 1.807) is 18.2 Å². The minimum absolute atomic E-state index is 0.119. The first-order valence-corrected chi connectivity index (χ1v) is 11.2. The van der Waals surface area contributed by atoms with Crippen LogP contribution in [0.25, 0.3) is 11.3 Å². The summed E-state index contributed by atoms with van der Waals surface area (Å²) in [4.78, 5) is 18.6. The van der Waals surface area contributed by atoms with E-state index in [0.717, 1.165) is 22.6 Å². The van der Waals surface area contributed by atoms with Crippen molar-refractivity contribution in [2.75, 3.05) is 5.32 Å². The standard InChI is InChI=1S/C21H22N2O3S2/c1-4-17-18(15-11-7-5-8-12-15)22-20(27-17)23-19(24)21(2,3)28(25,26)16-13-9-6-10-14-16/h5-14H,4H2,1-3H3,(H,22,23,24). The smallest absolute Gasteiger partial charge is 0.247 e. The lowest BCUT2D eigenvalue weighted by Crippen LogP contribution is -2.44. The van der Waals surface area contributed by atoms with E-state index in [9.17, 15) is 13.2 Å². The third kappa shape index (κ3) is 3.72. The van der Waals surface area contributed by atoms with Crippen LogP contribution < -0.4 is 5.32 Å². The summed E-state index contributed by atoms with van der Waals surface area (Å²) in [6.07, 6.45) is 0.767. The van der Waals surface area contributed by atoms with Crippen LogP contribution in [0.4, 0.5) is 5.13 Å². The summed E-state index contributed by atoms with van der Waals surface area (Å²) in [7, 11) is -3.85. The minimum atomic E-state index is -3.85. The fourth-order valence-electron chi connectivity index (χ4n) is 2.73. The number of amides is 1. The number of nitrogens with zero attached hydrogens (tertiary/aromatic N) is 1. The number of hydrogen-bond donors (Lipinski definition) is 1. The average molecular weight is 415 g/mol. The Morgan fingerprint density at radius 1 is 1.04 bits per heavy atom. The lowest BCUT2D eigenvalue weighted by molar-refractivity contribution is -0.117. The summed E-state index contributed by atoms with van der Waals surface area (Å²) >= 11 is 1.37. The molecule has 0 aliphatic carbocycles. The van der Waals surface area contributed by atoms with E-state index < -0.39 is 20.5 Å². The predicted molar refractivity (Wildman–Crippen MR) is 113 cm³/mol. The SMILES string of the molecule is CCc1sc(NC(=O)C(C)(C)S(=O)(=O)c2ccccc2)nc1-c1ccccc1. The van der Waals surface area contributed by atoms with Crippen molar-refractivity contribution in [2.45, 2.75) is 36.8 Å². The molecule has 0 saturated heterocycles. The van der Waals surface area contributed by atoms with Crippen LogP contribution in [0.2, 0.25) is 0 Å². The van der Waals surface area contributed by atoms with Crippen molar-refractivity contribution < 1.29 is 13.2 Å². The highest BCUT2D eigenvalue weighted by molar-refractivity contribution is 7.93. The van der Waals surface area contributed by atoms with Gasteiger partial charge in [0.1, 0.15) is 4.75 Å². The normalized spacial score (nSPS) is 12.0. The number of sulfone groups is 1. The summed E-state index contributed by atoms with van der Waals surface area (Å²) in [6, 6.07) is 17.7. The number of thiazole rings is 1. The largest absolute Gasteiger partial charge is 0.301 e. The lowest BCUT2D eigenvalue weighted by Gasteiger charge is -2.23. The van der Waals surface area contributed by atoms with Gasteiger partial charge in [-0.25, -0.2) is 13.4 Å². The average Bonchev–Trinajstić information content (AvgIpc) is 3.12. The number of aromatic nitrogens is 1. The van der Waals surface area contributed by atoms with E-state index in [2.05, 4.69) is 10.3 Å². The molecule has 0 bridgehead atoms. The van der Waals surface area contributed by atoms with Crippen LogP contribution in [0.15, 0.2) is 65.6 Å². The van der Waals surface area contributed by atoms with Gasteiger partial charge in [-0.2, -0.15) is 0 Å². The molecule has 3 rings (SSSR count). The van der Waals surface area contributed by atoms with Crippen molar-refractivity contribution in [1.29, 1.82) is 0 Å². The summed E-state index contributed by atoms with van der Waals surface area (Å²) in [6.45, 7) is 4.85. The topological polar surface area (TPSA) is 76.1 Å². The van der Waals surface area contributed by atoms with Crippen molar-refractivity contribution in [3.8, 4) is 11.3 Å². The Kier molecular flexibility index (Phi) is 5.67. The Morgan fingerprint density at radius 3 is 2.18 bits per heavy atom. The fraction of sp³-hybridized carbons (Fsp3) is 0.238. The molecular weight excluding hydrogens is 392 g/mol. The molecule has 2 aromatic carbocycles. The van der Waals surface area contributed by atoms with Gasteiger partial charge >= 0.3 is 0 Å². The number of aryl methyl sites for hydroxylation is 1. The van der Waals surface area contributed by atoms with Crippen LogP contribution in [-0.2, 0) is 21.1 Å². The molecule has 1 heterocycles. The number of hydrogen-bond acceptors (Lipinski definition) is 5. The molecule has 0 saturated carbocycles. The Balaban J connectivity index is 1.90. The fourth-order valence-corrected chi connectivity index (χ4v) is 5.05. The second kappa shape index (κ2) is 7.85. The lowest BCUT2D eigenvalue weighted by atomic mass is 10.1. The highest BCUT2D eigenvalue weighted by atomic mass is 32.2. The first kappa shape index (κ1) is 20.2. The van der Waals surface area contributed by atoms with Gasteiger partial charge in [0.2, 0.25) is 5.91 Å². The molecule has 7 heteroatoms. The number of benzene rings is 2. The molecule has 1 aromatic heterocycles. The predicted octanol–water partition coefficient (Wildman–Crippen LogP) is 4.56. The highest BCUT2D eigenvalue weighted by Crippen LogP contribution is 2.33. The second-order valence-electron chi connectivity index (χ2n) is 6.79. The van der Waals surface area contributed by atoms with Gasteiger partial charge in [0.25, 0.3) is 0 Å². The van der Waals surface area contributed by atoms with Gasteiger partial charge in [-0.1, -0.05) is 55.5 Å². The molecule has 0 atom stereocenters. The summed E-state index contributed by atoms with van der Waals surface area (Å²) in [5.74, 6) is -0.604. The van der Waals surface area contributed by atoms with Crippen LogP contribution in [0, 0.1) is 0 Å². The quantitative estimate of drug-likeness (QED) is 0.641. The Labute approximate surface area is 169 Å². The third-order valence-corrected chi connectivity index (χ3v) is 8.10. The third-order valence-electron chi connectivity index (χ3n) is 4.56. The van der Waals surface area contributed by atoms with Crippen LogP contribution in [0.3, 0.4) is 0 Å². The number of anilines is 1. The van der Waals surface area contributed by atoms with Crippen LogP contribution in [0.1, 0.15) is 25.6 Å². The van der Waals surface area contributed by atoms with E-state index in [1.165, 1.54) is 37.3 Å². The number of nitrogens with one attached hydrogen (secondary N) is 1. The molecule has 0 radical (unpaired) electrons. The van der Waals surface area contributed by atoms with E-state index in [0.29, 0.717) is 5.13 Å². The zero-order valence-corrected chi connectivity index (χ0v) is 17.6. The minimum Gasteiger partial charge on any atom is -0.301 e. The molecule has 0 fully saturated rings. The van der Waals surface area contributed by atoms with Crippen LogP contribution in [0.5, 0.6) is 0 Å². The van der Waals surface area contributed by atoms with Crippen LogP contribution in [-0.4, -0.2) is 24.1 Å². The first-order valence-electron chi connectivity index (χ1n) is 8.93. The first-order chi connectivity index (χ1) is 13.3. The number of carbonyl (C=O) groups excluding carboxylic acids is 1.